The third-order valence-electron chi connectivity index (χ3n) is 1.37. The first-order chi connectivity index (χ1) is 5.61. The van der Waals surface area contributed by atoms with E-state index in [9.17, 15) is 9.90 Å². The largest absolute Gasteiger partial charge is 0.495 e. The molecule has 0 saturated heterocycles. The van der Waals surface area contributed by atoms with E-state index in [0.717, 1.165) is 0 Å². The summed E-state index contributed by atoms with van der Waals surface area (Å²) >= 11 is 0. The Balaban J connectivity index is 4.31. The van der Waals surface area contributed by atoms with E-state index in [-0.39, 0.29) is 5.78 Å². The normalized spacial score (nSPS) is 14.2. The molecule has 0 aromatic carbocycles. The van der Waals surface area contributed by atoms with E-state index in [1.807, 2.05) is 13.8 Å². The fraction of sp³-hybridized carbons (Fsp3) is 0.667. The minimum atomic E-state index is -0.658. The van der Waals surface area contributed by atoms with Crippen LogP contribution in [0.5, 0.6) is 0 Å². The lowest BCUT2D eigenvalue weighted by Crippen LogP contribution is -2.12. The van der Waals surface area contributed by atoms with Gasteiger partial charge in [0.15, 0.2) is 5.78 Å². The average Bonchev–Trinajstić information content (AvgIpc) is 2.01. The zero-order valence-corrected chi connectivity index (χ0v) is 7.83. The summed E-state index contributed by atoms with van der Waals surface area (Å²) in [4.78, 5) is 10.7. The Kier molecular flexibility index (Phi) is 5.37. The first-order valence-corrected chi connectivity index (χ1v) is 4.14. The molecule has 0 saturated carbocycles. The maximum Gasteiger partial charge on any atom is 0.156 e. The van der Waals surface area contributed by atoms with Crippen molar-refractivity contribution in [1.82, 2.24) is 0 Å². The van der Waals surface area contributed by atoms with E-state index in [1.54, 1.807) is 0 Å². The molecule has 0 aliphatic carbocycles. The number of hydrogen-bond donors (Lipinski definition) is 1. The molecule has 0 aliphatic rings. The van der Waals surface area contributed by atoms with E-state index in [1.165, 1.54) is 13.0 Å². The second-order valence-corrected chi connectivity index (χ2v) is 2.51. The first kappa shape index (κ1) is 11.2. The van der Waals surface area contributed by atoms with Crippen molar-refractivity contribution in [3.63, 3.8) is 0 Å². The standard InChI is InChI=1S/C9H16O3/c1-4-8(11)9(12-5-2)6-7(3)10/h6,8,11H,4-5H2,1-3H3. The molecule has 0 bridgehead atoms. The van der Waals surface area contributed by atoms with E-state index < -0.39 is 6.10 Å². The Morgan fingerprint density at radius 2 is 2.17 bits per heavy atom. The van der Waals surface area contributed by atoms with Crippen molar-refractivity contribution in [2.45, 2.75) is 33.3 Å². The number of hydrogen-bond acceptors (Lipinski definition) is 3. The lowest BCUT2D eigenvalue weighted by Gasteiger charge is -2.12. The van der Waals surface area contributed by atoms with Gasteiger partial charge >= 0.3 is 0 Å². The van der Waals surface area contributed by atoms with Gasteiger partial charge < -0.3 is 9.84 Å². The van der Waals surface area contributed by atoms with Gasteiger partial charge in [0.05, 0.1) is 6.61 Å². The van der Waals surface area contributed by atoms with E-state index in [0.29, 0.717) is 18.8 Å². The highest BCUT2D eigenvalue weighted by molar-refractivity contribution is 5.87. The van der Waals surface area contributed by atoms with Gasteiger partial charge in [-0.3, -0.25) is 4.79 Å². The number of rotatable bonds is 5. The van der Waals surface area contributed by atoms with Gasteiger partial charge in [-0.15, -0.1) is 0 Å². The van der Waals surface area contributed by atoms with Crippen LogP contribution < -0.4 is 0 Å². The quantitative estimate of drug-likeness (QED) is 0.501. The van der Waals surface area contributed by atoms with Gasteiger partial charge in [-0.25, -0.2) is 0 Å². The number of aliphatic hydroxyl groups excluding tert-OH is 1. The fourth-order valence-corrected chi connectivity index (χ4v) is 0.802. The zero-order chi connectivity index (χ0) is 9.56. The summed E-state index contributed by atoms with van der Waals surface area (Å²) in [5, 5.41) is 9.35. The number of aliphatic hydroxyl groups is 1. The number of allylic oxidation sites excluding steroid dienone is 1. The van der Waals surface area contributed by atoms with Gasteiger partial charge in [0.2, 0.25) is 0 Å². The van der Waals surface area contributed by atoms with Crippen LogP contribution in [0.25, 0.3) is 0 Å². The minimum absolute atomic E-state index is 0.106. The van der Waals surface area contributed by atoms with Gasteiger partial charge in [-0.2, -0.15) is 0 Å². The van der Waals surface area contributed by atoms with Crippen LogP contribution in [0, 0.1) is 0 Å². The Labute approximate surface area is 73.0 Å². The molecule has 0 fully saturated rings. The molecule has 12 heavy (non-hydrogen) atoms. The van der Waals surface area contributed by atoms with Crippen LogP contribution in [-0.4, -0.2) is 23.6 Å². The number of ketones is 1. The number of carbonyl (C=O) groups excluding carboxylic acids is 1. The molecule has 0 heterocycles. The van der Waals surface area contributed by atoms with Crippen molar-refractivity contribution in [1.29, 1.82) is 0 Å². The van der Waals surface area contributed by atoms with Crippen molar-refractivity contribution in [2.75, 3.05) is 6.61 Å². The molecule has 3 nitrogen and oxygen atoms in total. The van der Waals surface area contributed by atoms with Crippen LogP contribution in [0.3, 0.4) is 0 Å². The van der Waals surface area contributed by atoms with Gasteiger partial charge in [-0.1, -0.05) is 6.92 Å². The van der Waals surface area contributed by atoms with E-state index in [2.05, 4.69) is 0 Å². The molecule has 3 heteroatoms. The predicted octanol–water partition coefficient (Wildman–Crippen LogP) is 1.27. The topological polar surface area (TPSA) is 46.5 Å². The lowest BCUT2D eigenvalue weighted by molar-refractivity contribution is -0.113. The van der Waals surface area contributed by atoms with Crippen molar-refractivity contribution >= 4 is 5.78 Å². The Hall–Kier alpha value is -0.830. The second kappa shape index (κ2) is 5.77. The maximum absolute atomic E-state index is 10.7. The van der Waals surface area contributed by atoms with E-state index in [4.69, 9.17) is 4.74 Å². The van der Waals surface area contributed by atoms with Crippen LogP contribution in [0.2, 0.25) is 0 Å². The molecule has 1 atom stereocenters. The number of carbonyl (C=O) groups is 1. The molecule has 70 valence electrons. The van der Waals surface area contributed by atoms with Crippen LogP contribution in [0.1, 0.15) is 27.2 Å². The Morgan fingerprint density at radius 1 is 1.58 bits per heavy atom. The summed E-state index contributed by atoms with van der Waals surface area (Å²) < 4.78 is 5.10. The van der Waals surface area contributed by atoms with Gasteiger partial charge in [0, 0.05) is 6.08 Å². The maximum atomic E-state index is 10.7. The molecular formula is C9H16O3. The fourth-order valence-electron chi connectivity index (χ4n) is 0.802. The van der Waals surface area contributed by atoms with Crippen molar-refractivity contribution in [3.05, 3.63) is 11.8 Å². The third-order valence-corrected chi connectivity index (χ3v) is 1.37. The van der Waals surface area contributed by atoms with Crippen LogP contribution >= 0.6 is 0 Å². The molecule has 0 radical (unpaired) electrons. The molecule has 1 N–H and O–H groups in total. The Morgan fingerprint density at radius 3 is 2.50 bits per heavy atom. The van der Waals surface area contributed by atoms with Crippen molar-refractivity contribution in [2.24, 2.45) is 0 Å². The molecule has 0 rings (SSSR count). The lowest BCUT2D eigenvalue weighted by atomic mass is 10.2. The second-order valence-electron chi connectivity index (χ2n) is 2.51. The van der Waals surface area contributed by atoms with Crippen LogP contribution in [0.15, 0.2) is 11.8 Å². The average molecular weight is 172 g/mol. The molecule has 1 unspecified atom stereocenters. The molecule has 0 spiro atoms. The summed E-state index contributed by atoms with van der Waals surface area (Å²) in [6.45, 7) is 5.55. The zero-order valence-electron chi connectivity index (χ0n) is 7.83. The number of ether oxygens (including phenoxy) is 1. The van der Waals surface area contributed by atoms with Crippen LogP contribution in [0.4, 0.5) is 0 Å². The first-order valence-electron chi connectivity index (χ1n) is 4.14. The highest BCUT2D eigenvalue weighted by atomic mass is 16.5. The molecule has 0 aliphatic heterocycles. The third kappa shape index (κ3) is 4.13. The van der Waals surface area contributed by atoms with Crippen LogP contribution in [-0.2, 0) is 9.53 Å². The molecule has 0 amide bonds. The summed E-state index contributed by atoms with van der Waals surface area (Å²) in [7, 11) is 0. The SMILES string of the molecule is CCOC(=CC(C)=O)C(O)CC. The summed E-state index contributed by atoms with van der Waals surface area (Å²) in [5.41, 5.74) is 0. The minimum Gasteiger partial charge on any atom is -0.495 e. The predicted molar refractivity (Wildman–Crippen MR) is 46.7 cm³/mol. The monoisotopic (exact) mass is 172 g/mol. The highest BCUT2D eigenvalue weighted by Crippen LogP contribution is 2.07. The molecule has 0 aromatic rings. The summed E-state index contributed by atoms with van der Waals surface area (Å²) in [6.07, 6.45) is 1.23. The molecule has 0 aromatic heterocycles. The van der Waals surface area contributed by atoms with E-state index >= 15 is 0 Å². The van der Waals surface area contributed by atoms with Crippen molar-refractivity contribution in [3.8, 4) is 0 Å². The smallest absolute Gasteiger partial charge is 0.156 e. The van der Waals surface area contributed by atoms with Gasteiger partial charge in [0.1, 0.15) is 11.9 Å². The molecular weight excluding hydrogens is 156 g/mol. The Bertz CT molecular complexity index is 173. The summed E-state index contributed by atoms with van der Waals surface area (Å²) in [5.74, 6) is 0.262. The summed E-state index contributed by atoms with van der Waals surface area (Å²) in [6, 6.07) is 0. The van der Waals surface area contributed by atoms with Gasteiger partial charge in [-0.05, 0) is 20.3 Å². The van der Waals surface area contributed by atoms with Gasteiger partial charge in [0.25, 0.3) is 0 Å². The van der Waals surface area contributed by atoms with Crippen molar-refractivity contribution < 1.29 is 14.6 Å². The highest BCUT2D eigenvalue weighted by Gasteiger charge is 2.09.